The van der Waals surface area contributed by atoms with Crippen molar-refractivity contribution < 1.29 is 0 Å². The van der Waals surface area contributed by atoms with Crippen molar-refractivity contribution in [3.63, 3.8) is 0 Å². The van der Waals surface area contributed by atoms with E-state index < -0.39 is 0 Å². The molecule has 0 aliphatic rings. The van der Waals surface area contributed by atoms with Crippen molar-refractivity contribution in [3.05, 3.63) is 12.2 Å². The molecule has 0 atom stereocenters. The third kappa shape index (κ3) is 15.7. The van der Waals surface area contributed by atoms with E-state index in [1.165, 1.54) is 64.2 Å². The first-order valence-electron chi connectivity index (χ1n) is 8.28. The lowest BCUT2D eigenvalue weighted by atomic mass is 10.0. The minimum absolute atomic E-state index is 0.875. The summed E-state index contributed by atoms with van der Waals surface area (Å²) in [6.07, 6.45) is 18.6. The van der Waals surface area contributed by atoms with E-state index in [4.69, 9.17) is 0 Å². The normalized spacial score (nSPS) is 12.1. The van der Waals surface area contributed by atoms with Crippen molar-refractivity contribution in [1.29, 1.82) is 0 Å². The zero-order valence-electron chi connectivity index (χ0n) is 13.4. The highest BCUT2D eigenvalue weighted by molar-refractivity contribution is 4.81. The summed E-state index contributed by atoms with van der Waals surface area (Å²) in [6.45, 7) is 9.27. The van der Waals surface area contributed by atoms with Gasteiger partial charge in [-0.05, 0) is 37.5 Å². The topological polar surface area (TPSA) is 0 Å². The van der Waals surface area contributed by atoms with Gasteiger partial charge in [0.25, 0.3) is 0 Å². The SMILES string of the molecule is CC(C)CCCC/C=C\CCCCCCC(C)C. The van der Waals surface area contributed by atoms with Crippen LogP contribution in [0.4, 0.5) is 0 Å². The van der Waals surface area contributed by atoms with Gasteiger partial charge in [0.1, 0.15) is 0 Å². The molecule has 0 aromatic rings. The molecular weight excluding hydrogens is 216 g/mol. The smallest absolute Gasteiger partial charge is 0.0351 e. The van der Waals surface area contributed by atoms with Crippen LogP contribution in [0.3, 0.4) is 0 Å². The fraction of sp³-hybridized carbons (Fsp3) is 0.889. The molecule has 0 bridgehead atoms. The first-order chi connectivity index (χ1) is 8.63. The van der Waals surface area contributed by atoms with Crippen LogP contribution in [0, 0.1) is 11.8 Å². The number of allylic oxidation sites excluding steroid dienone is 2. The van der Waals surface area contributed by atoms with E-state index in [0.29, 0.717) is 0 Å². The summed E-state index contributed by atoms with van der Waals surface area (Å²) in [6, 6.07) is 0. The number of unbranched alkanes of at least 4 members (excludes halogenated alkanes) is 6. The number of hydrogen-bond acceptors (Lipinski definition) is 0. The Labute approximate surface area is 116 Å². The van der Waals surface area contributed by atoms with Gasteiger partial charge in [-0.25, -0.2) is 0 Å². The highest BCUT2D eigenvalue weighted by atomic mass is 14.0. The maximum absolute atomic E-state index is 2.40. The van der Waals surface area contributed by atoms with Gasteiger partial charge in [-0.1, -0.05) is 78.4 Å². The van der Waals surface area contributed by atoms with Crippen LogP contribution < -0.4 is 0 Å². The molecule has 0 spiro atoms. The monoisotopic (exact) mass is 252 g/mol. The Kier molecular flexibility index (Phi) is 13.0. The molecule has 0 radical (unpaired) electrons. The second-order valence-electron chi connectivity index (χ2n) is 6.54. The third-order valence-corrected chi connectivity index (χ3v) is 3.47. The highest BCUT2D eigenvalue weighted by Gasteiger charge is 1.94. The summed E-state index contributed by atoms with van der Waals surface area (Å²) in [5.74, 6) is 1.76. The van der Waals surface area contributed by atoms with E-state index in [1.807, 2.05) is 0 Å². The highest BCUT2D eigenvalue weighted by Crippen LogP contribution is 2.11. The third-order valence-electron chi connectivity index (χ3n) is 3.47. The molecule has 0 aliphatic heterocycles. The second kappa shape index (κ2) is 13.2. The summed E-state index contributed by atoms with van der Waals surface area (Å²) < 4.78 is 0. The van der Waals surface area contributed by atoms with Gasteiger partial charge in [0.2, 0.25) is 0 Å². The minimum Gasteiger partial charge on any atom is -0.0885 e. The van der Waals surface area contributed by atoms with Crippen molar-refractivity contribution in [2.75, 3.05) is 0 Å². The van der Waals surface area contributed by atoms with E-state index in [1.54, 1.807) is 0 Å². The van der Waals surface area contributed by atoms with Crippen molar-refractivity contribution in [2.24, 2.45) is 11.8 Å². The molecule has 0 unspecified atom stereocenters. The second-order valence-corrected chi connectivity index (χ2v) is 6.54. The van der Waals surface area contributed by atoms with Crippen LogP contribution in [0.15, 0.2) is 12.2 Å². The number of rotatable bonds is 12. The zero-order chi connectivity index (χ0) is 13.6. The molecule has 0 saturated heterocycles. The molecule has 0 aromatic carbocycles. The molecule has 0 nitrogen and oxygen atoms in total. The molecule has 0 heterocycles. The van der Waals surface area contributed by atoms with Gasteiger partial charge in [0.15, 0.2) is 0 Å². The van der Waals surface area contributed by atoms with Crippen LogP contribution in [0.2, 0.25) is 0 Å². The molecular formula is C18H36. The quantitative estimate of drug-likeness (QED) is 0.266. The van der Waals surface area contributed by atoms with E-state index >= 15 is 0 Å². The van der Waals surface area contributed by atoms with E-state index in [-0.39, 0.29) is 0 Å². The van der Waals surface area contributed by atoms with E-state index in [0.717, 1.165) is 11.8 Å². The van der Waals surface area contributed by atoms with Crippen molar-refractivity contribution in [1.82, 2.24) is 0 Å². The maximum Gasteiger partial charge on any atom is -0.0351 e. The van der Waals surface area contributed by atoms with Crippen LogP contribution in [0.25, 0.3) is 0 Å². The molecule has 0 N–H and O–H groups in total. The summed E-state index contributed by atoms with van der Waals surface area (Å²) >= 11 is 0. The fourth-order valence-electron chi connectivity index (χ4n) is 2.22. The largest absolute Gasteiger partial charge is 0.0885 e. The van der Waals surface area contributed by atoms with Crippen LogP contribution >= 0.6 is 0 Å². The Morgan fingerprint density at radius 1 is 0.556 bits per heavy atom. The number of hydrogen-bond donors (Lipinski definition) is 0. The maximum atomic E-state index is 2.40. The first-order valence-corrected chi connectivity index (χ1v) is 8.28. The average Bonchev–Trinajstić information content (AvgIpc) is 2.29. The van der Waals surface area contributed by atoms with Gasteiger partial charge in [-0.2, -0.15) is 0 Å². The summed E-state index contributed by atoms with van der Waals surface area (Å²) in [5, 5.41) is 0. The molecule has 0 rings (SSSR count). The van der Waals surface area contributed by atoms with Crippen LogP contribution in [-0.4, -0.2) is 0 Å². The van der Waals surface area contributed by atoms with Crippen molar-refractivity contribution in [2.45, 2.75) is 91.9 Å². The average molecular weight is 252 g/mol. The molecule has 108 valence electrons. The van der Waals surface area contributed by atoms with Crippen LogP contribution in [0.1, 0.15) is 91.9 Å². The lowest BCUT2D eigenvalue weighted by Gasteiger charge is -2.03. The van der Waals surface area contributed by atoms with E-state index in [9.17, 15) is 0 Å². The van der Waals surface area contributed by atoms with Crippen molar-refractivity contribution in [3.8, 4) is 0 Å². The summed E-state index contributed by atoms with van der Waals surface area (Å²) in [7, 11) is 0. The predicted octanol–water partition coefficient (Wildman–Crippen LogP) is 6.76. The van der Waals surface area contributed by atoms with Crippen molar-refractivity contribution >= 4 is 0 Å². The molecule has 0 fully saturated rings. The van der Waals surface area contributed by atoms with Crippen LogP contribution in [0.5, 0.6) is 0 Å². The zero-order valence-corrected chi connectivity index (χ0v) is 13.4. The first kappa shape index (κ1) is 17.7. The minimum atomic E-state index is 0.875. The summed E-state index contributed by atoms with van der Waals surface area (Å²) in [4.78, 5) is 0. The lowest BCUT2D eigenvalue weighted by molar-refractivity contribution is 0.521. The Hall–Kier alpha value is -0.260. The Morgan fingerprint density at radius 2 is 0.944 bits per heavy atom. The molecule has 0 saturated carbocycles. The fourth-order valence-corrected chi connectivity index (χ4v) is 2.22. The molecule has 0 amide bonds. The molecule has 0 heteroatoms. The Morgan fingerprint density at radius 3 is 1.44 bits per heavy atom. The van der Waals surface area contributed by atoms with Gasteiger partial charge in [-0.3, -0.25) is 0 Å². The van der Waals surface area contributed by atoms with Gasteiger partial charge < -0.3 is 0 Å². The summed E-state index contributed by atoms with van der Waals surface area (Å²) in [5.41, 5.74) is 0. The standard InChI is InChI=1S/C18H36/c1-17(2)15-13-11-9-7-5-6-8-10-12-14-16-18(3)4/h5,7,17-18H,6,8-16H2,1-4H3/b7-5-. The van der Waals surface area contributed by atoms with E-state index in [2.05, 4.69) is 39.8 Å². The lowest BCUT2D eigenvalue weighted by Crippen LogP contribution is -1.86. The molecule has 0 aromatic heterocycles. The van der Waals surface area contributed by atoms with Crippen LogP contribution in [-0.2, 0) is 0 Å². The van der Waals surface area contributed by atoms with Gasteiger partial charge >= 0.3 is 0 Å². The Bertz CT molecular complexity index is 176. The van der Waals surface area contributed by atoms with Gasteiger partial charge in [0, 0.05) is 0 Å². The molecule has 18 heavy (non-hydrogen) atoms. The van der Waals surface area contributed by atoms with Gasteiger partial charge in [-0.15, -0.1) is 0 Å². The predicted molar refractivity (Wildman–Crippen MR) is 85.0 cm³/mol. The molecule has 0 aliphatic carbocycles. The van der Waals surface area contributed by atoms with Gasteiger partial charge in [0.05, 0.1) is 0 Å². The Balaban J connectivity index is 3.09.